The number of aldehydes is 1. The number of fused-ring (bicyclic) bond motifs is 1. The smallest absolute Gasteiger partial charge is 0.170 e. The van der Waals surface area contributed by atoms with Crippen molar-refractivity contribution in [3.8, 4) is 17.0 Å². The lowest BCUT2D eigenvalue weighted by molar-refractivity contribution is 0.111. The van der Waals surface area contributed by atoms with Crippen molar-refractivity contribution in [2.75, 3.05) is 7.11 Å². The van der Waals surface area contributed by atoms with Crippen molar-refractivity contribution in [1.82, 2.24) is 9.78 Å². The number of nitrogens with zero attached hydrogens (tertiary/aromatic N) is 2. The molecule has 3 aromatic rings. The Morgan fingerprint density at radius 2 is 1.90 bits per heavy atom. The monoisotopic (exact) mass is 266 g/mol. The normalized spacial score (nSPS) is 10.7. The summed E-state index contributed by atoms with van der Waals surface area (Å²) in [6.07, 6.45) is 0.758. The lowest BCUT2D eigenvalue weighted by Crippen LogP contribution is -1.94. The van der Waals surface area contributed by atoms with Crippen LogP contribution in [-0.4, -0.2) is 23.2 Å². The van der Waals surface area contributed by atoms with Gasteiger partial charge in [0.15, 0.2) is 6.29 Å². The van der Waals surface area contributed by atoms with E-state index in [2.05, 4.69) is 17.2 Å². The van der Waals surface area contributed by atoms with Gasteiger partial charge >= 0.3 is 0 Å². The van der Waals surface area contributed by atoms with Gasteiger partial charge in [0.1, 0.15) is 11.4 Å². The summed E-state index contributed by atoms with van der Waals surface area (Å²) in [5.41, 5.74) is 2.37. The van der Waals surface area contributed by atoms with Crippen LogP contribution in [0.25, 0.3) is 22.0 Å². The number of benzene rings is 2. The van der Waals surface area contributed by atoms with Gasteiger partial charge in [-0.3, -0.25) is 9.48 Å². The second-order valence-corrected chi connectivity index (χ2v) is 4.62. The fourth-order valence-corrected chi connectivity index (χ4v) is 2.33. The Hall–Kier alpha value is -2.62. The first kappa shape index (κ1) is 12.4. The van der Waals surface area contributed by atoms with E-state index in [-0.39, 0.29) is 0 Å². The van der Waals surface area contributed by atoms with Gasteiger partial charge in [-0.25, -0.2) is 0 Å². The largest absolute Gasteiger partial charge is 0.497 e. The first-order chi connectivity index (χ1) is 9.71. The Kier molecular flexibility index (Phi) is 2.99. The predicted octanol–water partition coefficient (Wildman–Crippen LogP) is 3.06. The highest BCUT2D eigenvalue weighted by atomic mass is 16.5. The van der Waals surface area contributed by atoms with Gasteiger partial charge in [-0.05, 0) is 35.0 Å². The molecule has 100 valence electrons. The Labute approximate surface area is 116 Å². The molecule has 1 heterocycles. The summed E-state index contributed by atoms with van der Waals surface area (Å²) >= 11 is 0. The second kappa shape index (κ2) is 4.81. The first-order valence-corrected chi connectivity index (χ1v) is 6.28. The van der Waals surface area contributed by atoms with Gasteiger partial charge < -0.3 is 4.74 Å². The maximum absolute atomic E-state index is 10.8. The van der Waals surface area contributed by atoms with Gasteiger partial charge in [-0.1, -0.05) is 18.2 Å². The molecule has 0 radical (unpaired) electrons. The summed E-state index contributed by atoms with van der Waals surface area (Å²) in [5, 5.41) is 6.38. The minimum atomic E-state index is 0.438. The molecular weight excluding hydrogens is 252 g/mol. The molecule has 0 amide bonds. The maximum atomic E-state index is 10.8. The summed E-state index contributed by atoms with van der Waals surface area (Å²) < 4.78 is 6.96. The van der Waals surface area contributed by atoms with Crippen LogP contribution < -0.4 is 4.74 Å². The highest BCUT2D eigenvalue weighted by Crippen LogP contribution is 2.27. The summed E-state index contributed by atoms with van der Waals surface area (Å²) in [6, 6.07) is 13.9. The van der Waals surface area contributed by atoms with Crippen molar-refractivity contribution in [2.45, 2.75) is 0 Å². The Morgan fingerprint density at radius 1 is 1.10 bits per heavy atom. The third-order valence-corrected chi connectivity index (χ3v) is 3.36. The molecule has 0 unspecified atom stereocenters. The molecule has 0 aliphatic carbocycles. The van der Waals surface area contributed by atoms with Gasteiger partial charge in [-0.15, -0.1) is 0 Å². The number of hydrogen-bond acceptors (Lipinski definition) is 3. The molecule has 0 N–H and O–H groups in total. The molecule has 0 bridgehead atoms. The number of aromatic nitrogens is 2. The zero-order valence-electron chi connectivity index (χ0n) is 11.3. The van der Waals surface area contributed by atoms with Crippen LogP contribution in [0.4, 0.5) is 0 Å². The number of ether oxygens (including phenoxy) is 1. The van der Waals surface area contributed by atoms with Gasteiger partial charge in [0.05, 0.1) is 12.8 Å². The standard InChI is InChI=1S/C16H14N2O2/c1-18-16(9-14(10-19)17-18)12-4-3-11-5-6-15(20-2)8-13(11)7-12/h3-10H,1-2H3. The Morgan fingerprint density at radius 3 is 2.60 bits per heavy atom. The van der Waals surface area contributed by atoms with E-state index >= 15 is 0 Å². The quantitative estimate of drug-likeness (QED) is 0.684. The van der Waals surface area contributed by atoms with E-state index in [1.807, 2.05) is 31.3 Å². The molecule has 4 heteroatoms. The number of methoxy groups -OCH3 is 1. The van der Waals surface area contributed by atoms with Crippen LogP contribution in [0.3, 0.4) is 0 Å². The number of carbonyl (C=O) groups is 1. The van der Waals surface area contributed by atoms with E-state index in [9.17, 15) is 4.79 Å². The third-order valence-electron chi connectivity index (χ3n) is 3.36. The topological polar surface area (TPSA) is 44.1 Å². The summed E-state index contributed by atoms with van der Waals surface area (Å²) in [6.45, 7) is 0. The highest BCUT2D eigenvalue weighted by Gasteiger charge is 2.08. The molecule has 0 spiro atoms. The third kappa shape index (κ3) is 2.05. The van der Waals surface area contributed by atoms with Crippen LogP contribution in [0, 0.1) is 0 Å². The lowest BCUT2D eigenvalue weighted by Gasteiger charge is -2.06. The number of aryl methyl sites for hydroxylation is 1. The van der Waals surface area contributed by atoms with Crippen LogP contribution in [0.1, 0.15) is 10.5 Å². The molecular formula is C16H14N2O2. The number of carbonyl (C=O) groups excluding carboxylic acids is 1. The van der Waals surface area contributed by atoms with Gasteiger partial charge in [-0.2, -0.15) is 5.10 Å². The minimum absolute atomic E-state index is 0.438. The summed E-state index contributed by atoms with van der Waals surface area (Å²) in [5.74, 6) is 0.827. The molecule has 0 aliphatic heterocycles. The molecule has 0 saturated heterocycles. The van der Waals surface area contributed by atoms with Crippen LogP contribution >= 0.6 is 0 Å². The Bertz CT molecular complexity index is 790. The van der Waals surface area contributed by atoms with Gasteiger partial charge in [0.25, 0.3) is 0 Å². The number of rotatable bonds is 3. The van der Waals surface area contributed by atoms with Crippen molar-refractivity contribution in [2.24, 2.45) is 7.05 Å². The van der Waals surface area contributed by atoms with Crippen molar-refractivity contribution in [3.05, 3.63) is 48.2 Å². The first-order valence-electron chi connectivity index (χ1n) is 6.28. The van der Waals surface area contributed by atoms with Gasteiger partial charge in [0, 0.05) is 12.6 Å². The van der Waals surface area contributed by atoms with E-state index in [0.29, 0.717) is 5.69 Å². The van der Waals surface area contributed by atoms with E-state index in [1.54, 1.807) is 17.9 Å². The fourth-order valence-electron chi connectivity index (χ4n) is 2.33. The molecule has 2 aromatic carbocycles. The van der Waals surface area contributed by atoms with E-state index < -0.39 is 0 Å². The summed E-state index contributed by atoms with van der Waals surface area (Å²) in [7, 11) is 3.49. The van der Waals surface area contributed by atoms with E-state index in [1.165, 1.54) is 0 Å². The molecule has 0 aliphatic rings. The zero-order chi connectivity index (χ0) is 14.1. The average molecular weight is 266 g/mol. The van der Waals surface area contributed by atoms with E-state index in [4.69, 9.17) is 4.74 Å². The van der Waals surface area contributed by atoms with E-state index in [0.717, 1.165) is 34.1 Å². The predicted molar refractivity (Wildman–Crippen MR) is 78.1 cm³/mol. The maximum Gasteiger partial charge on any atom is 0.170 e. The van der Waals surface area contributed by atoms with Crippen molar-refractivity contribution in [3.63, 3.8) is 0 Å². The van der Waals surface area contributed by atoms with Crippen molar-refractivity contribution < 1.29 is 9.53 Å². The molecule has 1 aromatic heterocycles. The van der Waals surface area contributed by atoms with Crippen LogP contribution in [0.15, 0.2) is 42.5 Å². The Balaban J connectivity index is 2.15. The molecule has 0 saturated carbocycles. The van der Waals surface area contributed by atoms with Crippen LogP contribution in [0.2, 0.25) is 0 Å². The number of hydrogen-bond donors (Lipinski definition) is 0. The lowest BCUT2D eigenvalue weighted by atomic mass is 10.0. The molecule has 4 nitrogen and oxygen atoms in total. The minimum Gasteiger partial charge on any atom is -0.497 e. The summed E-state index contributed by atoms with van der Waals surface area (Å²) in [4.78, 5) is 10.8. The molecule has 0 atom stereocenters. The second-order valence-electron chi connectivity index (χ2n) is 4.62. The van der Waals surface area contributed by atoms with Crippen molar-refractivity contribution in [1.29, 1.82) is 0 Å². The fraction of sp³-hybridized carbons (Fsp3) is 0.125. The highest BCUT2D eigenvalue weighted by molar-refractivity contribution is 5.88. The zero-order valence-corrected chi connectivity index (χ0v) is 11.3. The van der Waals surface area contributed by atoms with Crippen LogP contribution in [-0.2, 0) is 7.05 Å². The molecule has 0 fully saturated rings. The van der Waals surface area contributed by atoms with Gasteiger partial charge in [0.2, 0.25) is 0 Å². The average Bonchev–Trinajstić information content (AvgIpc) is 2.87. The van der Waals surface area contributed by atoms with Crippen LogP contribution in [0.5, 0.6) is 5.75 Å². The van der Waals surface area contributed by atoms with Crippen molar-refractivity contribution >= 4 is 17.1 Å². The molecule has 20 heavy (non-hydrogen) atoms. The molecule has 3 rings (SSSR count). The SMILES string of the molecule is COc1ccc2ccc(-c3cc(C=O)nn3C)cc2c1.